The van der Waals surface area contributed by atoms with Crippen molar-refractivity contribution in [3.8, 4) is 0 Å². The molecule has 0 fully saturated rings. The van der Waals surface area contributed by atoms with Crippen LogP contribution in [-0.2, 0) is 10.3 Å². The maximum atomic E-state index is 14.4. The number of aliphatic imine (C=N–C) groups is 1. The number of nitrogens with one attached hydrogen (secondary N) is 1. The van der Waals surface area contributed by atoms with E-state index in [1.165, 1.54) is 0 Å². The van der Waals surface area contributed by atoms with Crippen LogP contribution in [0.3, 0.4) is 0 Å². The van der Waals surface area contributed by atoms with Crippen LogP contribution in [0.2, 0.25) is 0 Å². The summed E-state index contributed by atoms with van der Waals surface area (Å²) in [6.07, 6.45) is -2.30. The van der Waals surface area contributed by atoms with Crippen LogP contribution >= 0.6 is 0 Å². The van der Waals surface area contributed by atoms with E-state index in [2.05, 4.69) is 30.0 Å². The first-order valence-corrected chi connectivity index (χ1v) is 8.19. The number of hydrogen-bond acceptors (Lipinski definition) is 8. The molecule has 0 bridgehead atoms. The van der Waals surface area contributed by atoms with E-state index in [1.807, 2.05) is 0 Å². The first-order valence-electron chi connectivity index (χ1n) is 8.19. The summed E-state index contributed by atoms with van der Waals surface area (Å²) in [5.74, 6) is -6.78. The average Bonchev–Trinajstić information content (AvgIpc) is 2.66. The Morgan fingerprint density at radius 3 is 2.60 bits per heavy atom. The number of nitrogens with zero attached hydrogens (tertiary/aromatic N) is 4. The Bertz CT molecular complexity index is 1030. The van der Waals surface area contributed by atoms with Gasteiger partial charge in [-0.05, 0) is 19.1 Å². The molecule has 3 rings (SSSR count). The highest BCUT2D eigenvalue weighted by molar-refractivity contribution is 6.05. The molecular formula is C16H14F5N7O2. The number of amidine groups is 1. The van der Waals surface area contributed by atoms with E-state index in [9.17, 15) is 26.7 Å². The van der Waals surface area contributed by atoms with Gasteiger partial charge < -0.3 is 21.5 Å². The van der Waals surface area contributed by atoms with Gasteiger partial charge >= 0.3 is 5.92 Å². The minimum absolute atomic E-state index is 0.354. The van der Waals surface area contributed by atoms with Crippen LogP contribution in [-0.4, -0.2) is 39.4 Å². The van der Waals surface area contributed by atoms with Crippen molar-refractivity contribution in [2.24, 2.45) is 10.7 Å². The number of halogens is 5. The molecule has 1 aliphatic rings. The summed E-state index contributed by atoms with van der Waals surface area (Å²) in [6.45, 7) is -0.245. The minimum atomic E-state index is -3.67. The van der Waals surface area contributed by atoms with Crippen LogP contribution in [0.5, 0.6) is 0 Å². The van der Waals surface area contributed by atoms with Crippen molar-refractivity contribution in [1.29, 1.82) is 0 Å². The van der Waals surface area contributed by atoms with Crippen molar-refractivity contribution in [2.75, 3.05) is 17.7 Å². The van der Waals surface area contributed by atoms with Crippen molar-refractivity contribution in [2.45, 2.75) is 24.8 Å². The van der Waals surface area contributed by atoms with Crippen LogP contribution in [0.1, 0.15) is 35.2 Å². The van der Waals surface area contributed by atoms with Crippen LogP contribution < -0.4 is 16.8 Å². The second-order valence-corrected chi connectivity index (χ2v) is 6.33. The lowest BCUT2D eigenvalue weighted by atomic mass is 9.89. The Labute approximate surface area is 165 Å². The fourth-order valence-corrected chi connectivity index (χ4v) is 2.59. The Hall–Kier alpha value is -3.58. The number of amides is 1. The molecule has 14 heteroatoms. The van der Waals surface area contributed by atoms with Crippen molar-refractivity contribution < 1.29 is 31.5 Å². The smallest absolute Gasteiger partial charge is 0.311 e. The number of carbonyl (C=O) groups is 1. The predicted octanol–water partition coefficient (Wildman–Crippen LogP) is 1.98. The van der Waals surface area contributed by atoms with Crippen LogP contribution in [0.25, 0.3) is 0 Å². The number of aromatic nitrogens is 3. The topological polar surface area (TPSA) is 141 Å². The lowest BCUT2D eigenvalue weighted by Gasteiger charge is -2.36. The van der Waals surface area contributed by atoms with Gasteiger partial charge in [-0.15, -0.1) is 0 Å². The van der Waals surface area contributed by atoms with Crippen LogP contribution in [0.15, 0.2) is 23.3 Å². The van der Waals surface area contributed by atoms with Gasteiger partial charge in [-0.3, -0.25) is 4.79 Å². The van der Waals surface area contributed by atoms with Gasteiger partial charge in [0.25, 0.3) is 18.4 Å². The lowest BCUT2D eigenvalue weighted by molar-refractivity contribution is -0.118. The fourth-order valence-electron chi connectivity index (χ4n) is 2.59. The van der Waals surface area contributed by atoms with E-state index in [0.717, 1.165) is 19.1 Å². The monoisotopic (exact) mass is 431 g/mol. The number of nitrogens with two attached hydrogens (primary N) is 2. The van der Waals surface area contributed by atoms with E-state index in [4.69, 9.17) is 11.5 Å². The van der Waals surface area contributed by atoms with Gasteiger partial charge in [-0.2, -0.15) is 8.78 Å². The van der Waals surface area contributed by atoms with E-state index in [1.54, 1.807) is 0 Å². The molecule has 1 unspecified atom stereocenters. The second-order valence-electron chi connectivity index (χ2n) is 6.33. The summed E-state index contributed by atoms with van der Waals surface area (Å²) >= 11 is 0. The van der Waals surface area contributed by atoms with Gasteiger partial charge in [0, 0.05) is 0 Å². The van der Waals surface area contributed by atoms with E-state index < -0.39 is 65.1 Å². The molecule has 9 nitrogen and oxygen atoms in total. The zero-order valence-electron chi connectivity index (χ0n) is 15.2. The first-order chi connectivity index (χ1) is 13.9. The summed E-state index contributed by atoms with van der Waals surface area (Å²) < 4.78 is 73.0. The molecule has 3 heterocycles. The highest BCUT2D eigenvalue weighted by Gasteiger charge is 2.57. The number of rotatable bonds is 4. The van der Waals surface area contributed by atoms with Gasteiger partial charge in [0.2, 0.25) is 0 Å². The van der Waals surface area contributed by atoms with Gasteiger partial charge in [0.05, 0.1) is 6.20 Å². The van der Waals surface area contributed by atoms with Gasteiger partial charge in [0.1, 0.15) is 23.0 Å². The van der Waals surface area contributed by atoms with Gasteiger partial charge in [0.15, 0.2) is 23.7 Å². The Morgan fingerprint density at radius 2 is 1.97 bits per heavy atom. The number of carbonyl (C=O) groups excluding carboxylic acids is 1. The standard InChI is InChI=1S/C16H14F5N7O2/c1-15(16(20,21)5-30-14(23)28-15)10-6(17)2-3-8(26-10)27-13(29)9-12(22)25-7(4-24-9)11(18)19/h2-4,11H,5H2,1H3,(H2,22,25)(H2,23,28)(H,26,27,29). The molecule has 0 aromatic carbocycles. The maximum absolute atomic E-state index is 14.4. The van der Waals surface area contributed by atoms with Crippen molar-refractivity contribution in [3.05, 3.63) is 41.2 Å². The predicted molar refractivity (Wildman–Crippen MR) is 93.4 cm³/mol. The minimum Gasteiger partial charge on any atom is -0.459 e. The van der Waals surface area contributed by atoms with Crippen molar-refractivity contribution >= 4 is 23.6 Å². The summed E-state index contributed by atoms with van der Waals surface area (Å²) in [5, 5.41) is 2.17. The molecular weight excluding hydrogens is 417 g/mol. The number of nitrogen functional groups attached to an aromatic ring is 1. The molecule has 1 amide bonds. The number of anilines is 2. The molecule has 0 aliphatic carbocycles. The van der Waals surface area contributed by atoms with Gasteiger partial charge in [-0.1, -0.05) is 0 Å². The average molecular weight is 431 g/mol. The van der Waals surface area contributed by atoms with E-state index >= 15 is 0 Å². The quantitative estimate of drug-likeness (QED) is 0.629. The Morgan fingerprint density at radius 1 is 1.27 bits per heavy atom. The van der Waals surface area contributed by atoms with Crippen molar-refractivity contribution in [1.82, 2.24) is 15.0 Å². The number of ether oxygens (including phenoxy) is 1. The summed E-state index contributed by atoms with van der Waals surface area (Å²) in [7, 11) is 0. The molecule has 0 radical (unpaired) electrons. The molecule has 2 aromatic heterocycles. The SMILES string of the molecule is CC1(c2nc(NC(=O)c3ncc(C(F)F)nc3N)ccc2F)N=C(N)OCC1(F)F. The maximum Gasteiger partial charge on any atom is 0.311 e. The Kier molecular flexibility index (Phi) is 5.18. The third-order valence-electron chi connectivity index (χ3n) is 4.25. The Balaban J connectivity index is 1.95. The summed E-state index contributed by atoms with van der Waals surface area (Å²) in [6, 6.07) is 1.19. The number of pyridine rings is 1. The molecule has 30 heavy (non-hydrogen) atoms. The molecule has 0 saturated carbocycles. The van der Waals surface area contributed by atoms with Crippen molar-refractivity contribution in [3.63, 3.8) is 0 Å². The third-order valence-corrected chi connectivity index (χ3v) is 4.25. The van der Waals surface area contributed by atoms with Gasteiger partial charge in [-0.25, -0.2) is 33.1 Å². The normalized spacial score (nSPS) is 20.4. The van der Waals surface area contributed by atoms with E-state index in [-0.39, 0.29) is 5.82 Å². The molecule has 2 aromatic rings. The fraction of sp³-hybridized carbons (Fsp3) is 0.312. The summed E-state index contributed by atoms with van der Waals surface area (Å²) in [5.41, 5.74) is 6.24. The van der Waals surface area contributed by atoms with Crippen LogP contribution in [0, 0.1) is 5.82 Å². The summed E-state index contributed by atoms with van der Waals surface area (Å²) in [4.78, 5) is 26.4. The lowest BCUT2D eigenvalue weighted by Crippen LogP contribution is -2.51. The molecule has 0 spiro atoms. The number of alkyl halides is 4. The number of hydrogen-bond donors (Lipinski definition) is 3. The highest BCUT2D eigenvalue weighted by atomic mass is 19.3. The van der Waals surface area contributed by atoms with E-state index in [0.29, 0.717) is 6.20 Å². The second kappa shape index (κ2) is 7.35. The third kappa shape index (κ3) is 3.67. The first kappa shape index (κ1) is 21.1. The zero-order chi connectivity index (χ0) is 22.3. The van der Waals surface area contributed by atoms with Crippen LogP contribution in [0.4, 0.5) is 33.6 Å². The molecule has 0 saturated heterocycles. The molecule has 5 N–H and O–H groups in total. The molecule has 1 atom stereocenters. The molecule has 160 valence electrons. The largest absolute Gasteiger partial charge is 0.459 e. The molecule has 1 aliphatic heterocycles. The zero-order valence-corrected chi connectivity index (χ0v) is 15.2. The highest BCUT2D eigenvalue weighted by Crippen LogP contribution is 2.43.